The van der Waals surface area contributed by atoms with E-state index in [1.54, 1.807) is 41.3 Å². The topological polar surface area (TPSA) is 71.8 Å². The Morgan fingerprint density at radius 2 is 1.75 bits per heavy atom. The molecule has 1 N–H and O–H groups in total. The van der Waals surface area contributed by atoms with Gasteiger partial charge in [-0.25, -0.2) is 0 Å². The van der Waals surface area contributed by atoms with Crippen LogP contribution >= 0.6 is 0 Å². The first-order valence-corrected chi connectivity index (χ1v) is 9.11. The molecule has 6 heteroatoms. The van der Waals surface area contributed by atoms with Crippen molar-refractivity contribution in [1.82, 2.24) is 4.90 Å². The van der Waals surface area contributed by atoms with E-state index >= 15 is 0 Å². The van der Waals surface area contributed by atoms with Gasteiger partial charge < -0.3 is 19.4 Å². The van der Waals surface area contributed by atoms with E-state index in [4.69, 9.17) is 9.15 Å². The van der Waals surface area contributed by atoms with Crippen molar-refractivity contribution in [2.75, 3.05) is 25.0 Å². The maximum absolute atomic E-state index is 12.9. The standard InChI is InChI=1S/C22H20N2O4/c25-21(19-7-4-13-27-19)23-18-10-8-17(9-11-18)22(26)24-12-14-28-20(15-24)16-5-2-1-3-6-16/h1-11,13,20H,12,14-15H2,(H,23,25)/t20-/m0/s1. The molecule has 1 saturated heterocycles. The number of benzene rings is 2. The van der Waals surface area contributed by atoms with Gasteiger partial charge in [0.2, 0.25) is 0 Å². The third kappa shape index (κ3) is 3.97. The van der Waals surface area contributed by atoms with Crippen molar-refractivity contribution < 1.29 is 18.7 Å². The van der Waals surface area contributed by atoms with E-state index in [0.717, 1.165) is 5.56 Å². The first kappa shape index (κ1) is 18.0. The Labute approximate surface area is 162 Å². The SMILES string of the molecule is O=C(Nc1ccc(C(=O)N2CCO[C@H](c3ccccc3)C2)cc1)c1ccco1. The zero-order valence-corrected chi connectivity index (χ0v) is 15.2. The lowest BCUT2D eigenvalue weighted by Crippen LogP contribution is -2.42. The summed E-state index contributed by atoms with van der Waals surface area (Å²) >= 11 is 0. The number of rotatable bonds is 4. The summed E-state index contributed by atoms with van der Waals surface area (Å²) in [5, 5.41) is 2.74. The van der Waals surface area contributed by atoms with Crippen LogP contribution in [-0.2, 0) is 4.74 Å². The lowest BCUT2D eigenvalue weighted by atomic mass is 10.1. The smallest absolute Gasteiger partial charge is 0.291 e. The maximum atomic E-state index is 12.9. The minimum absolute atomic E-state index is 0.0480. The summed E-state index contributed by atoms with van der Waals surface area (Å²) in [6.07, 6.45) is 1.33. The summed E-state index contributed by atoms with van der Waals surface area (Å²) in [7, 11) is 0. The van der Waals surface area contributed by atoms with Gasteiger partial charge in [-0.1, -0.05) is 30.3 Å². The van der Waals surface area contributed by atoms with Crippen LogP contribution in [0.1, 0.15) is 32.6 Å². The third-order valence-corrected chi connectivity index (χ3v) is 4.66. The van der Waals surface area contributed by atoms with Gasteiger partial charge >= 0.3 is 0 Å². The van der Waals surface area contributed by atoms with Crippen molar-refractivity contribution in [1.29, 1.82) is 0 Å². The third-order valence-electron chi connectivity index (χ3n) is 4.66. The number of furan rings is 1. The molecule has 28 heavy (non-hydrogen) atoms. The van der Waals surface area contributed by atoms with Crippen LogP contribution in [0.2, 0.25) is 0 Å². The Morgan fingerprint density at radius 3 is 2.46 bits per heavy atom. The molecule has 6 nitrogen and oxygen atoms in total. The molecule has 3 aromatic rings. The minimum Gasteiger partial charge on any atom is -0.459 e. The van der Waals surface area contributed by atoms with Crippen molar-refractivity contribution in [3.05, 3.63) is 89.9 Å². The predicted octanol–water partition coefficient (Wildman–Crippen LogP) is 3.75. The van der Waals surface area contributed by atoms with E-state index in [0.29, 0.717) is 30.9 Å². The van der Waals surface area contributed by atoms with Crippen LogP contribution in [0.25, 0.3) is 0 Å². The molecule has 1 aromatic heterocycles. The molecule has 2 amide bonds. The van der Waals surface area contributed by atoms with Gasteiger partial charge in [0.15, 0.2) is 5.76 Å². The molecule has 0 aliphatic carbocycles. The number of hydrogen-bond acceptors (Lipinski definition) is 4. The second-order valence-electron chi connectivity index (χ2n) is 6.53. The summed E-state index contributed by atoms with van der Waals surface area (Å²) < 4.78 is 10.9. The lowest BCUT2D eigenvalue weighted by molar-refractivity contribution is -0.0228. The quantitative estimate of drug-likeness (QED) is 0.753. The van der Waals surface area contributed by atoms with Gasteiger partial charge in [-0.3, -0.25) is 9.59 Å². The summed E-state index contributed by atoms with van der Waals surface area (Å²) in [5.74, 6) is -0.142. The number of nitrogens with zero attached hydrogens (tertiary/aromatic N) is 1. The molecule has 1 fully saturated rings. The fourth-order valence-corrected chi connectivity index (χ4v) is 3.18. The molecule has 0 unspecified atom stereocenters. The van der Waals surface area contributed by atoms with E-state index in [2.05, 4.69) is 5.32 Å². The summed E-state index contributed by atoms with van der Waals surface area (Å²) in [6.45, 7) is 1.57. The van der Waals surface area contributed by atoms with Crippen LogP contribution in [0, 0.1) is 0 Å². The molecule has 2 aromatic carbocycles. The van der Waals surface area contributed by atoms with E-state index in [-0.39, 0.29) is 23.7 Å². The number of nitrogens with one attached hydrogen (secondary N) is 1. The first-order valence-electron chi connectivity index (χ1n) is 9.11. The Kier molecular flexibility index (Phi) is 5.21. The Morgan fingerprint density at radius 1 is 0.964 bits per heavy atom. The Bertz CT molecular complexity index is 936. The van der Waals surface area contributed by atoms with Gasteiger partial charge in [0.1, 0.15) is 6.10 Å². The number of carbonyl (C=O) groups excluding carboxylic acids is 2. The highest BCUT2D eigenvalue weighted by Crippen LogP contribution is 2.23. The molecule has 1 aliphatic heterocycles. The zero-order valence-electron chi connectivity index (χ0n) is 15.2. The molecule has 1 atom stereocenters. The molecule has 0 spiro atoms. The summed E-state index contributed by atoms with van der Waals surface area (Å²) in [6, 6.07) is 20.0. The largest absolute Gasteiger partial charge is 0.459 e. The molecule has 4 rings (SSSR count). The second-order valence-corrected chi connectivity index (χ2v) is 6.53. The normalized spacial score (nSPS) is 16.6. The second kappa shape index (κ2) is 8.10. The van der Waals surface area contributed by atoms with Crippen LogP contribution in [0.5, 0.6) is 0 Å². The number of amides is 2. The van der Waals surface area contributed by atoms with Crippen molar-refractivity contribution in [3.63, 3.8) is 0 Å². The molecule has 1 aliphatic rings. The van der Waals surface area contributed by atoms with Crippen molar-refractivity contribution in [2.45, 2.75) is 6.10 Å². The molecular weight excluding hydrogens is 356 g/mol. The van der Waals surface area contributed by atoms with Gasteiger partial charge in [-0.2, -0.15) is 0 Å². The highest BCUT2D eigenvalue weighted by molar-refractivity contribution is 6.02. The van der Waals surface area contributed by atoms with E-state index in [9.17, 15) is 9.59 Å². The van der Waals surface area contributed by atoms with Crippen molar-refractivity contribution in [2.24, 2.45) is 0 Å². The maximum Gasteiger partial charge on any atom is 0.291 e. The van der Waals surface area contributed by atoms with Gasteiger partial charge in [0.05, 0.1) is 19.4 Å². The van der Waals surface area contributed by atoms with Crippen LogP contribution < -0.4 is 5.32 Å². The molecule has 0 radical (unpaired) electrons. The first-order chi connectivity index (χ1) is 13.7. The van der Waals surface area contributed by atoms with E-state index < -0.39 is 0 Å². The van der Waals surface area contributed by atoms with Crippen LogP contribution in [0.3, 0.4) is 0 Å². The van der Waals surface area contributed by atoms with Crippen LogP contribution in [0.4, 0.5) is 5.69 Å². The van der Waals surface area contributed by atoms with E-state index in [1.165, 1.54) is 6.26 Å². The number of carbonyl (C=O) groups is 2. The average molecular weight is 376 g/mol. The number of hydrogen-bond donors (Lipinski definition) is 1. The average Bonchev–Trinajstić information content (AvgIpc) is 3.30. The van der Waals surface area contributed by atoms with Crippen molar-refractivity contribution >= 4 is 17.5 Å². The molecule has 142 valence electrons. The Hall–Kier alpha value is -3.38. The van der Waals surface area contributed by atoms with E-state index in [1.807, 2.05) is 30.3 Å². The number of ether oxygens (including phenoxy) is 1. The van der Waals surface area contributed by atoms with Crippen LogP contribution in [0.15, 0.2) is 77.4 Å². The fraction of sp³-hybridized carbons (Fsp3) is 0.182. The van der Waals surface area contributed by atoms with Gasteiger partial charge in [-0.05, 0) is 42.0 Å². The highest BCUT2D eigenvalue weighted by atomic mass is 16.5. The van der Waals surface area contributed by atoms with Crippen molar-refractivity contribution in [3.8, 4) is 0 Å². The Balaban J connectivity index is 1.41. The van der Waals surface area contributed by atoms with Gasteiger partial charge in [-0.15, -0.1) is 0 Å². The predicted molar refractivity (Wildman–Crippen MR) is 104 cm³/mol. The zero-order chi connectivity index (χ0) is 19.3. The summed E-state index contributed by atoms with van der Waals surface area (Å²) in [5.41, 5.74) is 2.24. The number of anilines is 1. The van der Waals surface area contributed by atoms with Crippen LogP contribution in [-0.4, -0.2) is 36.4 Å². The van der Waals surface area contributed by atoms with Gasteiger partial charge in [0, 0.05) is 17.8 Å². The monoisotopic (exact) mass is 376 g/mol. The molecule has 2 heterocycles. The number of morpholine rings is 1. The summed E-state index contributed by atoms with van der Waals surface area (Å²) in [4.78, 5) is 26.7. The lowest BCUT2D eigenvalue weighted by Gasteiger charge is -2.33. The minimum atomic E-state index is -0.331. The molecule has 0 bridgehead atoms. The molecule has 0 saturated carbocycles. The van der Waals surface area contributed by atoms with Gasteiger partial charge in [0.25, 0.3) is 11.8 Å². The molecular formula is C22H20N2O4. The fourth-order valence-electron chi connectivity index (χ4n) is 3.18. The highest BCUT2D eigenvalue weighted by Gasteiger charge is 2.26.